The molecule has 0 radical (unpaired) electrons. The van der Waals surface area contributed by atoms with Gasteiger partial charge in [-0.1, -0.05) is 25.7 Å². The van der Waals surface area contributed by atoms with Crippen molar-refractivity contribution in [1.82, 2.24) is 10.3 Å². The van der Waals surface area contributed by atoms with Crippen LogP contribution in [0, 0.1) is 0 Å². The molecule has 1 fully saturated rings. The molecule has 1 saturated carbocycles. The van der Waals surface area contributed by atoms with Gasteiger partial charge in [-0.25, -0.2) is 0 Å². The van der Waals surface area contributed by atoms with Gasteiger partial charge in [0.2, 0.25) is 5.91 Å². The predicted octanol–water partition coefficient (Wildman–Crippen LogP) is 2.47. The van der Waals surface area contributed by atoms with E-state index in [9.17, 15) is 4.79 Å². The van der Waals surface area contributed by atoms with Crippen LogP contribution in [0.25, 0.3) is 0 Å². The lowest BCUT2D eigenvalue weighted by Crippen LogP contribution is -2.35. The fraction of sp³-hybridized carbons (Fsp3) is 0.571. The van der Waals surface area contributed by atoms with Crippen molar-refractivity contribution in [2.24, 2.45) is 0 Å². The van der Waals surface area contributed by atoms with E-state index in [0.29, 0.717) is 18.2 Å². The molecule has 0 aliphatic heterocycles. The Hall–Kier alpha value is -1.29. The van der Waals surface area contributed by atoms with E-state index in [2.05, 4.69) is 10.3 Å². The molecule has 3 N–H and O–H groups in total. The summed E-state index contributed by atoms with van der Waals surface area (Å²) >= 11 is 0. The normalized spacial score (nSPS) is 16.2. The number of nitrogens with two attached hydrogens (primary N) is 1. The van der Waals surface area contributed by atoms with Gasteiger partial charge in [-0.3, -0.25) is 9.78 Å². The minimum absolute atomic E-state index is 0. The van der Waals surface area contributed by atoms with Gasteiger partial charge in [-0.05, 0) is 25.0 Å². The molecule has 1 amide bonds. The van der Waals surface area contributed by atoms with Crippen LogP contribution in [0.4, 0.5) is 5.69 Å². The summed E-state index contributed by atoms with van der Waals surface area (Å²) in [6.07, 6.45) is 9.21. The number of carbonyl (C=O) groups excluding carboxylic acids is 1. The van der Waals surface area contributed by atoms with Crippen LogP contribution < -0.4 is 11.1 Å². The Balaban J connectivity index is 0.00000180. The van der Waals surface area contributed by atoms with Gasteiger partial charge >= 0.3 is 0 Å². The number of hydrogen-bond donors (Lipinski definition) is 2. The molecule has 1 aliphatic rings. The first-order valence-electron chi connectivity index (χ1n) is 6.74. The lowest BCUT2D eigenvalue weighted by molar-refractivity contribution is -0.121. The molecule has 2 rings (SSSR count). The molecule has 106 valence electrons. The zero-order valence-corrected chi connectivity index (χ0v) is 11.9. The summed E-state index contributed by atoms with van der Waals surface area (Å²) in [6, 6.07) is 3.94. The summed E-state index contributed by atoms with van der Waals surface area (Å²) in [5.74, 6) is 0.0687. The van der Waals surface area contributed by atoms with Crippen LogP contribution in [0.1, 0.15) is 44.2 Å². The Bertz CT molecular complexity index is 386. The number of aromatic nitrogens is 1. The van der Waals surface area contributed by atoms with Gasteiger partial charge in [0.05, 0.1) is 18.3 Å². The van der Waals surface area contributed by atoms with Crippen LogP contribution in [0.2, 0.25) is 0 Å². The standard InChI is InChI=1S/C14H21N3O.ClH/c15-11-7-8-13(16-10-11)9-14(18)17-12-5-3-1-2-4-6-12;/h7-8,10,12H,1-6,9,15H2,(H,17,18);1H. The van der Waals surface area contributed by atoms with Crippen LogP contribution >= 0.6 is 12.4 Å². The van der Waals surface area contributed by atoms with E-state index in [1.165, 1.54) is 25.7 Å². The molecule has 0 bridgehead atoms. The third-order valence-corrected chi connectivity index (χ3v) is 3.41. The quantitative estimate of drug-likeness (QED) is 0.838. The van der Waals surface area contributed by atoms with Crippen molar-refractivity contribution in [2.45, 2.75) is 51.0 Å². The van der Waals surface area contributed by atoms with Crippen molar-refractivity contribution < 1.29 is 4.79 Å². The number of rotatable bonds is 3. The van der Waals surface area contributed by atoms with Gasteiger partial charge in [0, 0.05) is 11.7 Å². The average Bonchev–Trinajstić information content (AvgIpc) is 2.61. The van der Waals surface area contributed by atoms with Crippen molar-refractivity contribution >= 4 is 24.0 Å². The van der Waals surface area contributed by atoms with Crippen molar-refractivity contribution in [3.63, 3.8) is 0 Å². The molecule has 1 aromatic rings. The largest absolute Gasteiger partial charge is 0.397 e. The first-order valence-corrected chi connectivity index (χ1v) is 6.74. The SMILES string of the molecule is Cl.Nc1ccc(CC(=O)NC2CCCCCC2)nc1. The van der Waals surface area contributed by atoms with Gasteiger partial charge in [-0.2, -0.15) is 0 Å². The number of pyridine rings is 1. The van der Waals surface area contributed by atoms with E-state index in [0.717, 1.165) is 18.5 Å². The second kappa shape index (κ2) is 8.00. The fourth-order valence-corrected chi connectivity index (χ4v) is 2.41. The lowest BCUT2D eigenvalue weighted by atomic mass is 10.1. The monoisotopic (exact) mass is 283 g/mol. The Labute approximate surface area is 120 Å². The summed E-state index contributed by atoms with van der Waals surface area (Å²) in [5.41, 5.74) is 6.96. The van der Waals surface area contributed by atoms with Crippen LogP contribution in [-0.4, -0.2) is 16.9 Å². The van der Waals surface area contributed by atoms with Crippen LogP contribution in [0.3, 0.4) is 0 Å². The maximum atomic E-state index is 11.9. The summed E-state index contributed by atoms with van der Waals surface area (Å²) in [4.78, 5) is 16.0. The van der Waals surface area contributed by atoms with E-state index in [4.69, 9.17) is 5.73 Å². The Morgan fingerprint density at radius 1 is 1.26 bits per heavy atom. The zero-order chi connectivity index (χ0) is 12.8. The minimum atomic E-state index is 0. The Morgan fingerprint density at radius 3 is 2.53 bits per heavy atom. The molecule has 0 spiro atoms. The minimum Gasteiger partial charge on any atom is -0.397 e. The lowest BCUT2D eigenvalue weighted by Gasteiger charge is -2.15. The molecular formula is C14H22ClN3O. The van der Waals surface area contributed by atoms with Gasteiger partial charge in [0.1, 0.15) is 0 Å². The molecule has 1 heterocycles. The molecule has 0 saturated heterocycles. The number of nitrogens with zero attached hydrogens (tertiary/aromatic N) is 1. The third kappa shape index (κ3) is 5.47. The van der Waals surface area contributed by atoms with E-state index >= 15 is 0 Å². The van der Waals surface area contributed by atoms with Crippen molar-refractivity contribution in [3.8, 4) is 0 Å². The number of nitrogens with one attached hydrogen (secondary N) is 1. The number of amides is 1. The first kappa shape index (κ1) is 15.8. The maximum Gasteiger partial charge on any atom is 0.226 e. The smallest absolute Gasteiger partial charge is 0.226 e. The number of carbonyl (C=O) groups is 1. The van der Waals surface area contributed by atoms with Gasteiger partial charge in [0.15, 0.2) is 0 Å². The summed E-state index contributed by atoms with van der Waals surface area (Å²) in [7, 11) is 0. The Morgan fingerprint density at radius 2 is 1.95 bits per heavy atom. The van der Waals surface area contributed by atoms with Crippen LogP contribution in [0.15, 0.2) is 18.3 Å². The van der Waals surface area contributed by atoms with Crippen molar-refractivity contribution in [3.05, 3.63) is 24.0 Å². The average molecular weight is 284 g/mol. The molecule has 5 heteroatoms. The highest BCUT2D eigenvalue weighted by Crippen LogP contribution is 2.17. The second-order valence-corrected chi connectivity index (χ2v) is 5.02. The number of hydrogen-bond acceptors (Lipinski definition) is 3. The van der Waals surface area contributed by atoms with Gasteiger partial charge in [0.25, 0.3) is 0 Å². The molecule has 19 heavy (non-hydrogen) atoms. The topological polar surface area (TPSA) is 68.0 Å². The highest BCUT2D eigenvalue weighted by Gasteiger charge is 2.14. The number of halogens is 1. The molecule has 0 atom stereocenters. The zero-order valence-electron chi connectivity index (χ0n) is 11.1. The molecule has 0 aromatic carbocycles. The molecule has 1 aliphatic carbocycles. The number of anilines is 1. The first-order chi connectivity index (χ1) is 8.74. The highest BCUT2D eigenvalue weighted by molar-refractivity contribution is 5.85. The number of nitrogen functional groups attached to an aromatic ring is 1. The Kier molecular flexibility index (Phi) is 6.64. The van der Waals surface area contributed by atoms with Crippen molar-refractivity contribution in [1.29, 1.82) is 0 Å². The highest BCUT2D eigenvalue weighted by atomic mass is 35.5. The maximum absolute atomic E-state index is 11.9. The van der Waals surface area contributed by atoms with Gasteiger partial charge < -0.3 is 11.1 Å². The fourth-order valence-electron chi connectivity index (χ4n) is 2.41. The van der Waals surface area contributed by atoms with E-state index in [-0.39, 0.29) is 18.3 Å². The molecule has 1 aromatic heterocycles. The molecular weight excluding hydrogens is 262 g/mol. The second-order valence-electron chi connectivity index (χ2n) is 5.02. The molecule has 0 unspecified atom stereocenters. The summed E-state index contributed by atoms with van der Waals surface area (Å²) in [5, 5.41) is 3.11. The van der Waals surface area contributed by atoms with E-state index in [1.54, 1.807) is 12.3 Å². The van der Waals surface area contributed by atoms with Gasteiger partial charge in [-0.15, -0.1) is 12.4 Å². The molecule has 4 nitrogen and oxygen atoms in total. The van der Waals surface area contributed by atoms with Crippen LogP contribution in [0.5, 0.6) is 0 Å². The van der Waals surface area contributed by atoms with Crippen molar-refractivity contribution in [2.75, 3.05) is 5.73 Å². The van der Waals surface area contributed by atoms with Crippen LogP contribution in [-0.2, 0) is 11.2 Å². The summed E-state index contributed by atoms with van der Waals surface area (Å²) in [6.45, 7) is 0. The van der Waals surface area contributed by atoms with E-state index in [1.807, 2.05) is 6.07 Å². The predicted molar refractivity (Wildman–Crippen MR) is 79.2 cm³/mol. The third-order valence-electron chi connectivity index (χ3n) is 3.41. The summed E-state index contributed by atoms with van der Waals surface area (Å²) < 4.78 is 0. The van der Waals surface area contributed by atoms with E-state index < -0.39 is 0 Å².